The second-order valence-corrected chi connectivity index (χ2v) is 15.6. The Hall–Kier alpha value is -3.88. The van der Waals surface area contributed by atoms with Gasteiger partial charge in [0.15, 0.2) is 0 Å². The molecule has 0 spiro atoms. The van der Waals surface area contributed by atoms with Gasteiger partial charge in [-0.05, 0) is 131 Å². The molecule has 5 rings (SSSR count). The zero-order valence-corrected chi connectivity index (χ0v) is 28.9. The van der Waals surface area contributed by atoms with Crippen LogP contribution in [-0.2, 0) is 37.9 Å². The second-order valence-electron chi connectivity index (χ2n) is 15.6. The number of hydrazine groups is 1. The summed E-state index contributed by atoms with van der Waals surface area (Å²) in [4.78, 5) is 36.9. The van der Waals surface area contributed by atoms with Gasteiger partial charge >= 0.3 is 12.2 Å². The first kappa shape index (κ1) is 34.0. The topological polar surface area (TPSA) is 101 Å². The average Bonchev–Trinajstić information content (AvgIpc) is 3.51. The van der Waals surface area contributed by atoms with E-state index in [9.17, 15) is 14.4 Å². The average molecular weight is 619 g/mol. The van der Waals surface area contributed by atoms with Gasteiger partial charge in [0.2, 0.25) is 0 Å². The van der Waals surface area contributed by atoms with E-state index >= 15 is 0 Å². The van der Waals surface area contributed by atoms with Gasteiger partial charge in [-0.1, -0.05) is 39.8 Å². The fraction of sp³-hybridized carbons (Fsp3) is 0.556. The quantitative estimate of drug-likeness (QED) is 0.343. The molecule has 2 aliphatic carbocycles. The van der Waals surface area contributed by atoms with E-state index in [-0.39, 0.29) is 16.7 Å². The number of rotatable bonds is 2. The van der Waals surface area contributed by atoms with E-state index in [1.807, 2.05) is 31.2 Å². The van der Waals surface area contributed by atoms with Crippen LogP contribution in [0.1, 0.15) is 118 Å². The van der Waals surface area contributed by atoms with Crippen molar-refractivity contribution in [2.75, 3.05) is 10.0 Å². The smallest absolute Gasteiger partial charge is 0.434 e. The number of fused-ring (bicyclic) bond motifs is 2. The Kier molecular flexibility index (Phi) is 9.17. The summed E-state index contributed by atoms with van der Waals surface area (Å²) in [6, 6.07) is 12.1. The van der Waals surface area contributed by atoms with Crippen LogP contribution >= 0.6 is 0 Å². The van der Waals surface area contributed by atoms with E-state index in [0.717, 1.165) is 35.7 Å². The van der Waals surface area contributed by atoms with Crippen LogP contribution in [0, 0.1) is 0 Å². The Morgan fingerprint density at radius 1 is 0.844 bits per heavy atom. The molecule has 0 bridgehead atoms. The molecule has 9 heteroatoms. The van der Waals surface area contributed by atoms with Crippen LogP contribution in [0.3, 0.4) is 0 Å². The van der Waals surface area contributed by atoms with Gasteiger partial charge < -0.3 is 9.47 Å². The van der Waals surface area contributed by atoms with Crippen LogP contribution in [0.15, 0.2) is 41.5 Å². The highest BCUT2D eigenvalue weighted by Crippen LogP contribution is 2.41. The van der Waals surface area contributed by atoms with Gasteiger partial charge in [-0.25, -0.2) is 20.0 Å². The highest BCUT2D eigenvalue weighted by molar-refractivity contribution is 6.12. The predicted octanol–water partition coefficient (Wildman–Crippen LogP) is 8.11. The van der Waals surface area contributed by atoms with E-state index in [1.54, 1.807) is 46.6 Å². The van der Waals surface area contributed by atoms with Crippen molar-refractivity contribution in [3.63, 3.8) is 0 Å². The maximum atomic E-state index is 12.8. The zero-order chi connectivity index (χ0) is 33.5. The van der Waals surface area contributed by atoms with Crippen LogP contribution < -0.4 is 15.4 Å². The highest BCUT2D eigenvalue weighted by atomic mass is 16.6. The normalized spacial score (nSPS) is 17.9. The van der Waals surface area contributed by atoms with Crippen molar-refractivity contribution >= 4 is 35.2 Å². The molecule has 1 N–H and O–H groups in total. The number of anilines is 2. The fourth-order valence-electron chi connectivity index (χ4n) is 5.93. The lowest BCUT2D eigenvalue weighted by molar-refractivity contribution is -0.116. The van der Waals surface area contributed by atoms with Crippen molar-refractivity contribution in [1.82, 2.24) is 5.43 Å². The maximum absolute atomic E-state index is 12.8. The molecule has 1 aliphatic heterocycles. The number of carbonyl (C=O) groups is 3. The molecule has 2 aromatic rings. The first-order chi connectivity index (χ1) is 20.6. The fourth-order valence-corrected chi connectivity index (χ4v) is 5.93. The molecule has 45 heavy (non-hydrogen) atoms. The number of benzene rings is 2. The zero-order valence-electron chi connectivity index (χ0n) is 28.9. The molecule has 0 unspecified atom stereocenters. The summed E-state index contributed by atoms with van der Waals surface area (Å²) in [5.41, 5.74) is 8.97. The van der Waals surface area contributed by atoms with E-state index in [4.69, 9.17) is 9.47 Å². The monoisotopic (exact) mass is 618 g/mol. The third-order valence-electron chi connectivity index (χ3n) is 8.28. The highest BCUT2D eigenvalue weighted by Gasteiger charge is 2.34. The minimum Gasteiger partial charge on any atom is -0.443 e. The molecule has 2 aromatic carbocycles. The number of carbonyl (C=O) groups excluding carboxylic acids is 3. The molecule has 244 valence electrons. The Morgan fingerprint density at radius 3 is 1.89 bits per heavy atom. The Labute approximate surface area is 268 Å². The SMILES string of the molecule is CC(C)(C)OC(=O)NN(C(=O)OC(C)(C)C)c1ccc2c(c1)C(C)(C)CC2.CC1=NN(c2ccc3c(c2)C(C)(C)CC3)C(=O)C1. The van der Waals surface area contributed by atoms with E-state index in [0.29, 0.717) is 12.1 Å². The third kappa shape index (κ3) is 8.24. The minimum atomic E-state index is -0.715. The number of aryl methyl sites for hydroxylation is 2. The van der Waals surface area contributed by atoms with E-state index in [2.05, 4.69) is 50.4 Å². The predicted molar refractivity (Wildman–Crippen MR) is 179 cm³/mol. The summed E-state index contributed by atoms with van der Waals surface area (Å²) in [7, 11) is 0. The molecule has 0 fully saturated rings. The lowest BCUT2D eigenvalue weighted by Crippen LogP contribution is -2.50. The summed E-state index contributed by atoms with van der Waals surface area (Å²) in [5, 5.41) is 6.98. The minimum absolute atomic E-state index is 0.0247. The summed E-state index contributed by atoms with van der Waals surface area (Å²) >= 11 is 0. The van der Waals surface area contributed by atoms with Gasteiger partial charge in [-0.3, -0.25) is 4.79 Å². The number of ether oxygens (including phenoxy) is 2. The molecule has 0 saturated carbocycles. The lowest BCUT2D eigenvalue weighted by atomic mass is 9.86. The Morgan fingerprint density at radius 2 is 1.38 bits per heavy atom. The van der Waals surface area contributed by atoms with E-state index in [1.165, 1.54) is 28.7 Å². The lowest BCUT2D eigenvalue weighted by Gasteiger charge is -2.29. The van der Waals surface area contributed by atoms with Crippen LogP contribution in [0.4, 0.5) is 21.0 Å². The Balaban J connectivity index is 0.000000220. The summed E-state index contributed by atoms with van der Waals surface area (Å²) in [5.74, 6) is 0.0725. The molecule has 3 amide bonds. The number of amides is 3. The van der Waals surface area contributed by atoms with Crippen LogP contribution in [0.5, 0.6) is 0 Å². The number of nitrogens with zero attached hydrogens (tertiary/aromatic N) is 3. The molecular formula is C36H50N4O5. The van der Waals surface area contributed by atoms with Crippen LogP contribution in [0.25, 0.3) is 0 Å². The van der Waals surface area contributed by atoms with Gasteiger partial charge in [0, 0.05) is 5.71 Å². The van der Waals surface area contributed by atoms with Gasteiger partial charge in [0.1, 0.15) is 11.2 Å². The molecule has 1 heterocycles. The van der Waals surface area contributed by atoms with Crippen molar-refractivity contribution in [2.45, 2.75) is 130 Å². The van der Waals surface area contributed by atoms with Crippen molar-refractivity contribution in [1.29, 1.82) is 0 Å². The molecular weight excluding hydrogens is 568 g/mol. The molecule has 3 aliphatic rings. The number of hydrogen-bond donors (Lipinski definition) is 1. The Bertz CT molecular complexity index is 1510. The number of hydrazone groups is 1. The summed E-state index contributed by atoms with van der Waals surface area (Å²) in [6.07, 6.45) is 3.45. The van der Waals surface area contributed by atoms with Crippen molar-refractivity contribution < 1.29 is 23.9 Å². The molecule has 0 atom stereocenters. The first-order valence-electron chi connectivity index (χ1n) is 15.8. The van der Waals surface area contributed by atoms with Gasteiger partial charge in [0.05, 0.1) is 17.8 Å². The van der Waals surface area contributed by atoms with Gasteiger partial charge in [-0.15, -0.1) is 0 Å². The van der Waals surface area contributed by atoms with Gasteiger partial charge in [0.25, 0.3) is 5.91 Å². The van der Waals surface area contributed by atoms with Crippen molar-refractivity contribution in [3.05, 3.63) is 58.7 Å². The standard InChI is InChI=1S/C21H32N2O4.C15H18N2O/c1-19(2,3)26-17(24)22-23(18(25)27-20(4,5)6)15-10-9-14-11-12-21(7,8)16(14)13-15;1-10-8-14(18)17(16-10)12-5-4-11-6-7-15(2,3)13(11)9-12/h9-10,13H,11-12H2,1-8H3,(H,22,24);4-5,9H,6-8H2,1-3H3. The van der Waals surface area contributed by atoms with Crippen molar-refractivity contribution in [3.8, 4) is 0 Å². The number of hydrogen-bond acceptors (Lipinski definition) is 6. The maximum Gasteiger partial charge on any atom is 0.434 e. The van der Waals surface area contributed by atoms with E-state index < -0.39 is 23.4 Å². The molecule has 0 radical (unpaired) electrons. The second kappa shape index (κ2) is 12.1. The largest absolute Gasteiger partial charge is 0.443 e. The molecule has 0 aromatic heterocycles. The number of nitrogens with one attached hydrogen (secondary N) is 1. The molecule has 9 nitrogen and oxygen atoms in total. The summed E-state index contributed by atoms with van der Waals surface area (Å²) < 4.78 is 10.8. The molecule has 0 saturated heterocycles. The van der Waals surface area contributed by atoms with Crippen molar-refractivity contribution in [2.24, 2.45) is 5.10 Å². The van der Waals surface area contributed by atoms with Gasteiger partial charge in [-0.2, -0.15) is 10.1 Å². The first-order valence-corrected chi connectivity index (χ1v) is 15.8. The van der Waals surface area contributed by atoms with Crippen LogP contribution in [0.2, 0.25) is 0 Å². The summed E-state index contributed by atoms with van der Waals surface area (Å²) in [6.45, 7) is 21.4. The third-order valence-corrected chi connectivity index (χ3v) is 8.28. The van der Waals surface area contributed by atoms with Crippen LogP contribution in [-0.4, -0.2) is 35.0 Å².